The smallest absolute Gasteiger partial charge is 0.269 e. The van der Waals surface area contributed by atoms with Gasteiger partial charge in [-0.3, -0.25) is 15.1 Å². The van der Waals surface area contributed by atoms with Crippen molar-refractivity contribution >= 4 is 22.6 Å². The summed E-state index contributed by atoms with van der Waals surface area (Å²) in [6.07, 6.45) is -0.719. The van der Waals surface area contributed by atoms with Crippen LogP contribution in [0, 0.1) is 21.8 Å². The second-order valence-electron chi connectivity index (χ2n) is 5.20. The van der Waals surface area contributed by atoms with Crippen LogP contribution in [0.4, 0.5) is 14.5 Å². The van der Waals surface area contributed by atoms with Crippen molar-refractivity contribution in [3.8, 4) is 0 Å². The molecule has 0 amide bonds. The lowest BCUT2D eigenvalue weighted by molar-refractivity contribution is -0.385. The number of nitrogens with zero attached hydrogens (tertiary/aromatic N) is 2. The average molecular weight is 329 g/mol. The highest BCUT2D eigenvalue weighted by Gasteiger charge is 2.55. The van der Waals surface area contributed by atoms with E-state index in [1.165, 1.54) is 6.07 Å². The molecule has 22 heavy (non-hydrogen) atoms. The molecule has 2 aliphatic rings. The first-order valence-electron chi connectivity index (χ1n) is 6.59. The van der Waals surface area contributed by atoms with Crippen LogP contribution in [0.25, 0.3) is 0 Å². The summed E-state index contributed by atoms with van der Waals surface area (Å²) in [6.45, 7) is -0.486. The zero-order valence-corrected chi connectivity index (χ0v) is 12.2. The van der Waals surface area contributed by atoms with Crippen LogP contribution in [-0.4, -0.2) is 36.0 Å². The molecule has 2 aliphatic heterocycles. The van der Waals surface area contributed by atoms with E-state index >= 15 is 0 Å². The molecule has 2 heterocycles. The molecule has 3 rings (SSSR count). The number of hydrogen-bond acceptors (Lipinski definition) is 6. The van der Waals surface area contributed by atoms with Gasteiger partial charge in [0.25, 0.3) is 5.69 Å². The number of hydrogen-bond donors (Lipinski definition) is 1. The topological polar surface area (TPSA) is 90.8 Å². The van der Waals surface area contributed by atoms with Crippen molar-refractivity contribution in [3.63, 3.8) is 0 Å². The van der Waals surface area contributed by atoms with Gasteiger partial charge in [-0.05, 0) is 6.07 Å². The minimum Gasteiger partial charge on any atom is -0.379 e. The van der Waals surface area contributed by atoms with Crippen molar-refractivity contribution in [1.29, 1.82) is 0 Å². The summed E-state index contributed by atoms with van der Waals surface area (Å²) in [5, 5.41) is 11.2. The van der Waals surface area contributed by atoms with Gasteiger partial charge in [-0.1, -0.05) is 11.8 Å². The van der Waals surface area contributed by atoms with E-state index in [2.05, 4.69) is 4.99 Å². The highest BCUT2D eigenvalue weighted by molar-refractivity contribution is 8.14. The Kier molecular flexibility index (Phi) is 3.77. The molecular formula is C13H13F2N3O3S. The molecule has 3 atom stereocenters. The summed E-state index contributed by atoms with van der Waals surface area (Å²) in [7, 11) is 0. The number of aliphatic imine (C=N–C) groups is 1. The fraction of sp³-hybridized carbons (Fsp3) is 0.462. The van der Waals surface area contributed by atoms with Crippen molar-refractivity contribution in [2.45, 2.75) is 10.9 Å². The highest BCUT2D eigenvalue weighted by atomic mass is 32.2. The lowest BCUT2D eigenvalue weighted by Crippen LogP contribution is -2.42. The molecule has 0 saturated carbocycles. The molecule has 1 saturated heterocycles. The number of benzene rings is 1. The predicted molar refractivity (Wildman–Crippen MR) is 78.0 cm³/mol. The zero-order valence-electron chi connectivity index (χ0n) is 11.4. The molecule has 0 unspecified atom stereocenters. The molecule has 9 heteroatoms. The van der Waals surface area contributed by atoms with Crippen molar-refractivity contribution in [2.24, 2.45) is 16.6 Å². The van der Waals surface area contributed by atoms with Crippen LogP contribution in [0.1, 0.15) is 5.56 Å². The zero-order chi connectivity index (χ0) is 15.9. The van der Waals surface area contributed by atoms with E-state index in [0.717, 1.165) is 23.9 Å². The van der Waals surface area contributed by atoms with Gasteiger partial charge < -0.3 is 10.5 Å². The number of nitro groups is 1. The van der Waals surface area contributed by atoms with Crippen LogP contribution < -0.4 is 5.73 Å². The number of non-ortho nitro benzene ring substituents is 1. The van der Waals surface area contributed by atoms with Gasteiger partial charge in [-0.2, -0.15) is 0 Å². The van der Waals surface area contributed by atoms with Gasteiger partial charge >= 0.3 is 0 Å². The van der Waals surface area contributed by atoms with E-state index in [4.69, 9.17) is 10.5 Å². The summed E-state index contributed by atoms with van der Waals surface area (Å²) >= 11 is 1.08. The molecule has 1 fully saturated rings. The van der Waals surface area contributed by atoms with E-state index in [1.807, 2.05) is 0 Å². The van der Waals surface area contributed by atoms with E-state index in [0.29, 0.717) is 0 Å². The fourth-order valence-electron chi connectivity index (χ4n) is 2.97. The van der Waals surface area contributed by atoms with E-state index < -0.39 is 34.2 Å². The third kappa shape index (κ3) is 2.24. The van der Waals surface area contributed by atoms with Crippen LogP contribution in [0.3, 0.4) is 0 Å². The van der Waals surface area contributed by atoms with Crippen molar-refractivity contribution in [2.75, 3.05) is 19.8 Å². The number of thioether (sulfide) groups is 1. The molecule has 1 aromatic rings. The first-order chi connectivity index (χ1) is 10.5. The molecule has 6 nitrogen and oxygen atoms in total. The normalized spacial score (nSPS) is 30.7. The van der Waals surface area contributed by atoms with Crippen LogP contribution in [0.15, 0.2) is 23.2 Å². The van der Waals surface area contributed by atoms with Crippen LogP contribution in [-0.2, 0) is 9.48 Å². The first-order valence-corrected chi connectivity index (χ1v) is 7.40. The summed E-state index contributed by atoms with van der Waals surface area (Å²) in [5.74, 6) is -1.02. The molecule has 2 N–H and O–H groups in total. The van der Waals surface area contributed by atoms with E-state index in [-0.39, 0.29) is 29.6 Å². The molecule has 118 valence electrons. The van der Waals surface area contributed by atoms with Gasteiger partial charge in [-0.15, -0.1) is 0 Å². The number of halogens is 2. The third-order valence-corrected chi connectivity index (χ3v) is 5.40. The lowest BCUT2D eigenvalue weighted by atomic mass is 9.83. The molecule has 0 radical (unpaired) electrons. The number of rotatable bonds is 3. The minimum absolute atomic E-state index is 0.0330. The largest absolute Gasteiger partial charge is 0.379 e. The Labute approximate surface area is 128 Å². The fourth-order valence-corrected chi connectivity index (χ4v) is 4.25. The quantitative estimate of drug-likeness (QED) is 0.676. The Hall–Kier alpha value is -1.74. The molecule has 0 aliphatic carbocycles. The summed E-state index contributed by atoms with van der Waals surface area (Å²) < 4.78 is 31.9. The van der Waals surface area contributed by atoms with Crippen molar-refractivity contribution < 1.29 is 18.4 Å². The lowest BCUT2D eigenvalue weighted by Gasteiger charge is -2.36. The first kappa shape index (κ1) is 15.2. The van der Waals surface area contributed by atoms with Gasteiger partial charge in [0.05, 0.1) is 22.4 Å². The minimum atomic E-state index is -0.987. The standard InChI is InChI=1S/C13H13F2N3O3S/c14-4-11-9-5-17-12(16)22-13(9,6-21-11)8-3-7(18(19)20)1-2-10(8)15/h1-3,9,11H,4-6H2,(H2,16,17)/t9-,11+,13+/m0/s1. The van der Waals surface area contributed by atoms with Crippen LogP contribution in [0.5, 0.6) is 0 Å². The van der Waals surface area contributed by atoms with Gasteiger partial charge in [0.1, 0.15) is 12.5 Å². The monoisotopic (exact) mass is 329 g/mol. The van der Waals surface area contributed by atoms with Crippen molar-refractivity contribution in [1.82, 2.24) is 0 Å². The SMILES string of the molecule is NC1=NC[C@H]2[C@@H](CF)OC[C@]2(c2cc([N+](=O)[O-])ccc2F)S1. The van der Waals surface area contributed by atoms with Crippen molar-refractivity contribution in [3.05, 3.63) is 39.7 Å². The van der Waals surface area contributed by atoms with Gasteiger partial charge in [-0.25, -0.2) is 8.78 Å². The Morgan fingerprint density at radius 1 is 1.59 bits per heavy atom. The summed E-state index contributed by atoms with van der Waals surface area (Å²) in [4.78, 5) is 14.4. The maximum absolute atomic E-state index is 14.3. The number of nitrogens with two attached hydrogens (primary N) is 1. The molecular weight excluding hydrogens is 316 g/mol. The number of ether oxygens (including phenoxy) is 1. The summed E-state index contributed by atoms with van der Waals surface area (Å²) in [6, 6.07) is 3.32. The maximum atomic E-state index is 14.3. The number of nitro benzene ring substituents is 1. The van der Waals surface area contributed by atoms with Gasteiger partial charge in [0.15, 0.2) is 5.17 Å². The second-order valence-corrected chi connectivity index (χ2v) is 6.55. The van der Waals surface area contributed by atoms with Gasteiger partial charge in [0, 0.05) is 30.2 Å². The Morgan fingerprint density at radius 3 is 3.05 bits per heavy atom. The third-order valence-electron chi connectivity index (χ3n) is 4.06. The van der Waals surface area contributed by atoms with Crippen LogP contribution in [0.2, 0.25) is 0 Å². The van der Waals surface area contributed by atoms with Crippen LogP contribution >= 0.6 is 11.8 Å². The number of alkyl halides is 1. The molecule has 0 aromatic heterocycles. The molecule has 1 aromatic carbocycles. The number of fused-ring (bicyclic) bond motifs is 1. The second kappa shape index (κ2) is 5.47. The predicted octanol–water partition coefficient (Wildman–Crippen LogP) is 1.98. The molecule has 0 bridgehead atoms. The van der Waals surface area contributed by atoms with Gasteiger partial charge in [0.2, 0.25) is 0 Å². The Balaban J connectivity index is 2.13. The molecule has 0 spiro atoms. The maximum Gasteiger partial charge on any atom is 0.269 e. The summed E-state index contributed by atoms with van der Waals surface area (Å²) in [5.41, 5.74) is 5.64. The van der Waals surface area contributed by atoms with E-state index in [1.54, 1.807) is 0 Å². The Bertz CT molecular complexity index is 657. The Morgan fingerprint density at radius 2 is 2.36 bits per heavy atom. The number of amidine groups is 1. The highest BCUT2D eigenvalue weighted by Crippen LogP contribution is 2.53. The average Bonchev–Trinajstić information content (AvgIpc) is 2.85. The van der Waals surface area contributed by atoms with E-state index in [9.17, 15) is 18.9 Å².